The molecule has 56 valence electrons. The zero-order valence-corrected chi connectivity index (χ0v) is 5.74. The lowest BCUT2D eigenvalue weighted by Crippen LogP contribution is -1.88. The van der Waals surface area contributed by atoms with E-state index < -0.39 is 0 Å². The minimum atomic E-state index is 0.257. The number of anilines is 2. The number of hydrogen-bond donors (Lipinski definition) is 2. The molecular formula is C7H7N3O. The van der Waals surface area contributed by atoms with E-state index in [2.05, 4.69) is 4.98 Å². The van der Waals surface area contributed by atoms with Gasteiger partial charge in [0.15, 0.2) is 5.58 Å². The van der Waals surface area contributed by atoms with E-state index in [1.807, 2.05) is 0 Å². The van der Waals surface area contributed by atoms with Crippen LogP contribution in [0.25, 0.3) is 11.0 Å². The molecule has 0 unspecified atom stereocenters. The van der Waals surface area contributed by atoms with Crippen molar-refractivity contribution in [3.05, 3.63) is 18.5 Å². The lowest BCUT2D eigenvalue weighted by atomic mass is 10.3. The van der Waals surface area contributed by atoms with Gasteiger partial charge in [-0.05, 0) is 6.07 Å². The number of nitrogens with two attached hydrogens (primary N) is 2. The molecule has 0 amide bonds. The Morgan fingerprint density at radius 1 is 1.36 bits per heavy atom. The molecule has 0 radical (unpaired) electrons. The van der Waals surface area contributed by atoms with Gasteiger partial charge in [-0.3, -0.25) is 4.98 Å². The molecule has 4 N–H and O–H groups in total. The van der Waals surface area contributed by atoms with Gasteiger partial charge in [-0.1, -0.05) is 0 Å². The molecule has 0 aliphatic rings. The predicted octanol–water partition coefficient (Wildman–Crippen LogP) is 0.992. The summed E-state index contributed by atoms with van der Waals surface area (Å²) in [6.07, 6.45) is 3.23. The Balaban J connectivity index is 2.92. The molecule has 0 aromatic carbocycles. The monoisotopic (exact) mass is 149 g/mol. The normalized spacial score (nSPS) is 10.5. The maximum Gasteiger partial charge on any atom is 0.214 e. The summed E-state index contributed by atoms with van der Waals surface area (Å²) in [6, 6.07) is 1.77. The first kappa shape index (κ1) is 6.03. The Bertz CT molecular complexity index is 393. The van der Waals surface area contributed by atoms with Crippen molar-refractivity contribution in [2.24, 2.45) is 0 Å². The number of nitrogen functional groups attached to an aromatic ring is 2. The van der Waals surface area contributed by atoms with Gasteiger partial charge in [0.25, 0.3) is 0 Å². The highest BCUT2D eigenvalue weighted by molar-refractivity contribution is 5.94. The largest absolute Gasteiger partial charge is 0.437 e. The first-order chi connectivity index (χ1) is 5.29. The molecule has 0 aliphatic heterocycles. The number of aromatic nitrogens is 1. The maximum absolute atomic E-state index is 5.59. The zero-order chi connectivity index (χ0) is 7.84. The van der Waals surface area contributed by atoms with Crippen LogP contribution in [0.3, 0.4) is 0 Å². The molecule has 4 nitrogen and oxygen atoms in total. The fourth-order valence-corrected chi connectivity index (χ4v) is 0.990. The number of pyridine rings is 1. The number of furan rings is 1. The van der Waals surface area contributed by atoms with E-state index in [1.165, 1.54) is 0 Å². The molecule has 11 heavy (non-hydrogen) atoms. The van der Waals surface area contributed by atoms with Crippen LogP contribution in [-0.4, -0.2) is 4.98 Å². The standard InChI is InChI=1S/C7H7N3O/c8-6-4-1-2-10-3-5(4)11-7(6)9/h1-3H,8-9H2. The summed E-state index contributed by atoms with van der Waals surface area (Å²) in [7, 11) is 0. The highest BCUT2D eigenvalue weighted by Gasteiger charge is 2.06. The van der Waals surface area contributed by atoms with Crippen molar-refractivity contribution in [1.82, 2.24) is 4.98 Å². The van der Waals surface area contributed by atoms with Crippen LogP contribution in [0.4, 0.5) is 11.6 Å². The molecule has 0 aliphatic carbocycles. The van der Waals surface area contributed by atoms with Gasteiger partial charge in [0.05, 0.1) is 6.20 Å². The number of fused-ring (bicyclic) bond motifs is 1. The Morgan fingerprint density at radius 3 is 2.91 bits per heavy atom. The third-order valence-corrected chi connectivity index (χ3v) is 1.56. The summed E-state index contributed by atoms with van der Waals surface area (Å²) in [5.74, 6) is 0.257. The second-order valence-electron chi connectivity index (χ2n) is 2.25. The molecule has 2 aromatic rings. The van der Waals surface area contributed by atoms with Crippen LogP contribution < -0.4 is 11.5 Å². The third-order valence-electron chi connectivity index (χ3n) is 1.56. The molecule has 0 atom stereocenters. The minimum Gasteiger partial charge on any atom is -0.437 e. The fourth-order valence-electron chi connectivity index (χ4n) is 0.990. The van der Waals surface area contributed by atoms with Crippen molar-refractivity contribution in [2.45, 2.75) is 0 Å². The second kappa shape index (κ2) is 1.88. The molecule has 2 rings (SSSR count). The molecule has 0 fully saturated rings. The first-order valence-electron chi connectivity index (χ1n) is 3.16. The van der Waals surface area contributed by atoms with E-state index in [0.717, 1.165) is 5.39 Å². The zero-order valence-electron chi connectivity index (χ0n) is 5.74. The fraction of sp³-hybridized carbons (Fsp3) is 0. The van der Waals surface area contributed by atoms with Gasteiger partial charge >= 0.3 is 0 Å². The van der Waals surface area contributed by atoms with E-state index in [9.17, 15) is 0 Å². The number of rotatable bonds is 0. The topological polar surface area (TPSA) is 78.1 Å². The van der Waals surface area contributed by atoms with Crippen LogP contribution in [-0.2, 0) is 0 Å². The van der Waals surface area contributed by atoms with Crippen LogP contribution in [0.2, 0.25) is 0 Å². The molecule has 0 spiro atoms. The summed E-state index contributed by atoms with van der Waals surface area (Å²) in [6.45, 7) is 0. The van der Waals surface area contributed by atoms with Gasteiger partial charge in [0.2, 0.25) is 5.88 Å². The van der Waals surface area contributed by atoms with E-state index in [1.54, 1.807) is 18.5 Å². The SMILES string of the molecule is Nc1oc2cnccc2c1N. The van der Waals surface area contributed by atoms with E-state index in [0.29, 0.717) is 11.3 Å². The second-order valence-corrected chi connectivity index (χ2v) is 2.25. The van der Waals surface area contributed by atoms with Crippen LogP contribution in [0.15, 0.2) is 22.9 Å². The van der Waals surface area contributed by atoms with Crippen LogP contribution in [0.5, 0.6) is 0 Å². The van der Waals surface area contributed by atoms with Crippen LogP contribution >= 0.6 is 0 Å². The smallest absolute Gasteiger partial charge is 0.214 e. The lowest BCUT2D eigenvalue weighted by Gasteiger charge is -1.85. The van der Waals surface area contributed by atoms with Crippen molar-refractivity contribution in [1.29, 1.82) is 0 Å². The summed E-state index contributed by atoms with van der Waals surface area (Å²) in [4.78, 5) is 3.86. The molecule has 0 saturated carbocycles. The van der Waals surface area contributed by atoms with Gasteiger partial charge < -0.3 is 15.9 Å². The number of nitrogens with zero attached hydrogens (tertiary/aromatic N) is 1. The van der Waals surface area contributed by atoms with Gasteiger partial charge in [0, 0.05) is 11.6 Å². The summed E-state index contributed by atoms with van der Waals surface area (Å²) in [5, 5.41) is 0.817. The highest BCUT2D eigenvalue weighted by Crippen LogP contribution is 2.28. The maximum atomic E-state index is 5.59. The predicted molar refractivity (Wildman–Crippen MR) is 42.8 cm³/mol. The van der Waals surface area contributed by atoms with Gasteiger partial charge in [-0.2, -0.15) is 0 Å². The van der Waals surface area contributed by atoms with E-state index in [-0.39, 0.29) is 5.88 Å². The molecule has 0 saturated heterocycles. The van der Waals surface area contributed by atoms with Gasteiger partial charge in [0.1, 0.15) is 5.69 Å². The average Bonchev–Trinajstić information content (AvgIpc) is 2.30. The molecule has 4 heteroatoms. The van der Waals surface area contributed by atoms with Crippen molar-refractivity contribution >= 4 is 22.5 Å². The highest BCUT2D eigenvalue weighted by atomic mass is 16.3. The average molecular weight is 149 g/mol. The van der Waals surface area contributed by atoms with Gasteiger partial charge in [-0.25, -0.2) is 0 Å². The van der Waals surface area contributed by atoms with Crippen LogP contribution in [0.1, 0.15) is 0 Å². The number of hydrogen-bond acceptors (Lipinski definition) is 4. The van der Waals surface area contributed by atoms with Crippen molar-refractivity contribution in [2.75, 3.05) is 11.5 Å². The Morgan fingerprint density at radius 2 is 2.18 bits per heavy atom. The third kappa shape index (κ3) is 0.724. The summed E-state index contributed by atoms with van der Waals surface area (Å²) in [5.41, 5.74) is 12.1. The Kier molecular flexibility index (Phi) is 1.03. The minimum absolute atomic E-state index is 0.257. The van der Waals surface area contributed by atoms with E-state index in [4.69, 9.17) is 15.9 Å². The molecule has 2 aromatic heterocycles. The lowest BCUT2D eigenvalue weighted by molar-refractivity contribution is 0.636. The summed E-state index contributed by atoms with van der Waals surface area (Å²) < 4.78 is 5.09. The molecule has 2 heterocycles. The Hall–Kier alpha value is -1.71. The van der Waals surface area contributed by atoms with E-state index >= 15 is 0 Å². The van der Waals surface area contributed by atoms with Crippen molar-refractivity contribution < 1.29 is 4.42 Å². The van der Waals surface area contributed by atoms with Crippen molar-refractivity contribution in [3.8, 4) is 0 Å². The Labute approximate surface area is 62.8 Å². The molecule has 0 bridgehead atoms. The van der Waals surface area contributed by atoms with Gasteiger partial charge in [-0.15, -0.1) is 0 Å². The molecular weight excluding hydrogens is 142 g/mol. The summed E-state index contributed by atoms with van der Waals surface area (Å²) >= 11 is 0. The quantitative estimate of drug-likeness (QED) is 0.585. The first-order valence-corrected chi connectivity index (χ1v) is 3.16. The van der Waals surface area contributed by atoms with Crippen molar-refractivity contribution in [3.63, 3.8) is 0 Å². The van der Waals surface area contributed by atoms with Crippen LogP contribution in [0, 0.1) is 0 Å².